The fourth-order valence-electron chi connectivity index (χ4n) is 3.65. The van der Waals surface area contributed by atoms with Crippen LogP contribution in [0.2, 0.25) is 0 Å². The summed E-state index contributed by atoms with van der Waals surface area (Å²) in [4.78, 5) is 24.8. The lowest BCUT2D eigenvalue weighted by molar-refractivity contribution is -0.145. The Morgan fingerprint density at radius 1 is 1.10 bits per heavy atom. The normalized spacial score (nSPS) is 18.1. The molecule has 2 atom stereocenters. The van der Waals surface area contributed by atoms with Crippen LogP contribution in [0.1, 0.15) is 11.6 Å². The summed E-state index contributed by atoms with van der Waals surface area (Å²) in [7, 11) is 2.91. The smallest absolute Gasteiger partial charge is 0.319 e. The Hall–Kier alpha value is -4.07. The van der Waals surface area contributed by atoms with E-state index in [0.29, 0.717) is 17.0 Å². The van der Waals surface area contributed by atoms with Crippen molar-refractivity contribution >= 4 is 12.0 Å². The van der Waals surface area contributed by atoms with Gasteiger partial charge in [-0.3, -0.25) is 4.79 Å². The fourth-order valence-corrected chi connectivity index (χ4v) is 3.65. The average Bonchev–Trinajstić information content (AvgIpc) is 3.24. The molecule has 0 radical (unpaired) electrons. The molecule has 2 unspecified atom stereocenters. The number of urea groups is 1. The molecule has 1 aliphatic heterocycles. The lowest BCUT2D eigenvalue weighted by Gasteiger charge is -2.32. The highest BCUT2D eigenvalue weighted by Gasteiger charge is 2.40. The van der Waals surface area contributed by atoms with Crippen LogP contribution in [-0.2, 0) is 9.53 Å². The minimum atomic E-state index is -0.812. The van der Waals surface area contributed by atoms with E-state index in [9.17, 15) is 9.59 Å². The van der Waals surface area contributed by atoms with E-state index in [1.54, 1.807) is 11.8 Å². The summed E-state index contributed by atoms with van der Waals surface area (Å²) in [6, 6.07) is 15.9. The molecule has 0 saturated carbocycles. The van der Waals surface area contributed by atoms with E-state index in [1.807, 2.05) is 60.8 Å². The van der Waals surface area contributed by atoms with Crippen molar-refractivity contribution in [2.24, 2.45) is 5.92 Å². The maximum Gasteiger partial charge on any atom is 0.319 e. The maximum absolute atomic E-state index is 12.6. The first-order valence-electron chi connectivity index (χ1n) is 9.65. The highest BCUT2D eigenvalue weighted by atomic mass is 16.5. The van der Waals surface area contributed by atoms with Crippen molar-refractivity contribution in [3.05, 3.63) is 78.6 Å². The first kappa shape index (κ1) is 20.2. The monoisotopic (exact) mass is 418 g/mol. The van der Waals surface area contributed by atoms with Gasteiger partial charge in [0.15, 0.2) is 0 Å². The second-order valence-corrected chi connectivity index (χ2v) is 7.04. The van der Waals surface area contributed by atoms with Crippen LogP contribution >= 0.6 is 0 Å². The number of carbonyl (C=O) groups excluding carboxylic acids is 2. The van der Waals surface area contributed by atoms with E-state index in [1.165, 1.54) is 7.11 Å². The number of aromatic nitrogens is 2. The predicted octanol–water partition coefficient (Wildman–Crippen LogP) is 3.20. The average molecular weight is 418 g/mol. The van der Waals surface area contributed by atoms with Gasteiger partial charge in [0, 0.05) is 23.0 Å². The van der Waals surface area contributed by atoms with Crippen molar-refractivity contribution in [3.8, 4) is 22.7 Å². The SMILES string of the molecule is C=C1NC(=O)NC(c2cn(-c3ccccc3)nc2-c2ccc(OC)cc2)C1C(=O)OC. The number of carbonyl (C=O) groups is 2. The van der Waals surface area contributed by atoms with Crippen molar-refractivity contribution in [1.29, 1.82) is 0 Å². The van der Waals surface area contributed by atoms with Crippen molar-refractivity contribution < 1.29 is 19.1 Å². The van der Waals surface area contributed by atoms with E-state index >= 15 is 0 Å². The Bertz CT molecular complexity index is 1120. The lowest BCUT2D eigenvalue weighted by Crippen LogP contribution is -2.51. The van der Waals surface area contributed by atoms with Crippen LogP contribution in [0.5, 0.6) is 5.75 Å². The number of nitrogens with zero attached hydrogens (tertiary/aromatic N) is 2. The van der Waals surface area contributed by atoms with Crippen LogP contribution in [-0.4, -0.2) is 36.0 Å². The number of methoxy groups -OCH3 is 2. The highest BCUT2D eigenvalue weighted by Crippen LogP contribution is 2.36. The molecule has 1 fully saturated rings. The van der Waals surface area contributed by atoms with Gasteiger partial charge in [0.25, 0.3) is 0 Å². The maximum atomic E-state index is 12.6. The Morgan fingerprint density at radius 3 is 2.45 bits per heavy atom. The Labute approximate surface area is 179 Å². The zero-order valence-corrected chi connectivity index (χ0v) is 17.2. The van der Waals surface area contributed by atoms with Crippen LogP contribution in [0.3, 0.4) is 0 Å². The number of esters is 1. The molecule has 1 aromatic heterocycles. The fraction of sp³-hybridized carbons (Fsp3) is 0.174. The first-order chi connectivity index (χ1) is 15.0. The second-order valence-electron chi connectivity index (χ2n) is 7.04. The zero-order valence-electron chi connectivity index (χ0n) is 17.2. The first-order valence-corrected chi connectivity index (χ1v) is 9.65. The minimum absolute atomic E-state index is 0.272. The molecule has 2 aromatic carbocycles. The van der Waals surface area contributed by atoms with Crippen molar-refractivity contribution in [1.82, 2.24) is 20.4 Å². The van der Waals surface area contributed by atoms with Gasteiger partial charge in [0.2, 0.25) is 0 Å². The number of rotatable bonds is 5. The molecule has 2 amide bonds. The van der Waals surface area contributed by atoms with Crippen LogP contribution < -0.4 is 15.4 Å². The summed E-state index contributed by atoms with van der Waals surface area (Å²) in [5.74, 6) is -0.604. The standard InChI is InChI=1S/C23H22N4O4/c1-14-19(22(28)31-3)21(25-23(29)24-14)18-13-27(16-7-5-4-6-8-16)26-20(18)15-9-11-17(30-2)12-10-15/h4-13,19,21H,1H2,2-3H3,(H2,24,25,29). The van der Waals surface area contributed by atoms with Crippen LogP contribution in [0.4, 0.5) is 4.79 Å². The minimum Gasteiger partial charge on any atom is -0.497 e. The molecule has 0 spiro atoms. The molecule has 1 aliphatic rings. The van der Waals surface area contributed by atoms with Crippen LogP contribution in [0.15, 0.2) is 73.1 Å². The molecule has 8 heteroatoms. The summed E-state index contributed by atoms with van der Waals surface area (Å²) in [6.07, 6.45) is 1.81. The van der Waals surface area contributed by atoms with Gasteiger partial charge < -0.3 is 20.1 Å². The highest BCUT2D eigenvalue weighted by molar-refractivity contribution is 5.86. The number of para-hydroxylation sites is 1. The zero-order chi connectivity index (χ0) is 22.0. The predicted molar refractivity (Wildman–Crippen MR) is 115 cm³/mol. The second kappa shape index (κ2) is 8.35. The molecule has 158 valence electrons. The number of hydrogen-bond donors (Lipinski definition) is 2. The van der Waals surface area contributed by atoms with Crippen molar-refractivity contribution in [3.63, 3.8) is 0 Å². The Balaban J connectivity index is 1.87. The number of ether oxygens (including phenoxy) is 2. The summed E-state index contributed by atoms with van der Waals surface area (Å²) in [5, 5.41) is 10.2. The molecule has 2 heterocycles. The van der Waals surface area contributed by atoms with Gasteiger partial charge in [-0.25, -0.2) is 9.48 Å². The van der Waals surface area contributed by atoms with Crippen LogP contribution in [0.25, 0.3) is 16.9 Å². The molecule has 31 heavy (non-hydrogen) atoms. The van der Waals surface area contributed by atoms with Gasteiger partial charge in [-0.1, -0.05) is 24.8 Å². The quantitative estimate of drug-likeness (QED) is 0.621. The van der Waals surface area contributed by atoms with Gasteiger partial charge in [-0.15, -0.1) is 0 Å². The lowest BCUT2D eigenvalue weighted by atomic mass is 9.88. The van der Waals surface area contributed by atoms with Crippen molar-refractivity contribution in [2.45, 2.75) is 6.04 Å². The summed E-state index contributed by atoms with van der Waals surface area (Å²) in [5.41, 5.74) is 3.22. The number of benzene rings is 2. The summed E-state index contributed by atoms with van der Waals surface area (Å²) in [6.45, 7) is 3.86. The van der Waals surface area contributed by atoms with Gasteiger partial charge in [0.05, 0.1) is 31.6 Å². The van der Waals surface area contributed by atoms with E-state index in [2.05, 4.69) is 17.2 Å². The molecular formula is C23H22N4O4. The van der Waals surface area contributed by atoms with E-state index < -0.39 is 24.0 Å². The number of nitrogens with one attached hydrogen (secondary N) is 2. The Morgan fingerprint density at radius 2 is 1.81 bits per heavy atom. The summed E-state index contributed by atoms with van der Waals surface area (Å²) < 4.78 is 12.0. The molecule has 3 aromatic rings. The molecule has 8 nitrogen and oxygen atoms in total. The molecule has 0 aliphatic carbocycles. The van der Waals surface area contributed by atoms with Crippen molar-refractivity contribution in [2.75, 3.05) is 14.2 Å². The van der Waals surface area contributed by atoms with Gasteiger partial charge >= 0.3 is 12.0 Å². The molecule has 1 saturated heterocycles. The molecule has 0 bridgehead atoms. The third kappa shape index (κ3) is 3.87. The van der Waals surface area contributed by atoms with E-state index in [0.717, 1.165) is 11.3 Å². The number of hydrogen-bond acceptors (Lipinski definition) is 5. The largest absolute Gasteiger partial charge is 0.497 e. The molecule has 2 N–H and O–H groups in total. The van der Waals surface area contributed by atoms with Gasteiger partial charge in [0.1, 0.15) is 11.7 Å². The van der Waals surface area contributed by atoms with E-state index in [4.69, 9.17) is 14.6 Å². The van der Waals surface area contributed by atoms with Gasteiger partial charge in [-0.05, 0) is 36.4 Å². The van der Waals surface area contributed by atoms with Crippen LogP contribution in [0, 0.1) is 5.92 Å². The topological polar surface area (TPSA) is 94.5 Å². The summed E-state index contributed by atoms with van der Waals surface area (Å²) >= 11 is 0. The third-order valence-corrected chi connectivity index (χ3v) is 5.19. The molecular weight excluding hydrogens is 396 g/mol. The van der Waals surface area contributed by atoms with E-state index in [-0.39, 0.29) is 5.70 Å². The van der Waals surface area contributed by atoms with Gasteiger partial charge in [-0.2, -0.15) is 5.10 Å². The molecule has 4 rings (SSSR count). The number of amides is 2. The third-order valence-electron chi connectivity index (χ3n) is 5.19. The Kier molecular flexibility index (Phi) is 5.44.